The van der Waals surface area contributed by atoms with E-state index in [1.165, 1.54) is 17.8 Å². The van der Waals surface area contributed by atoms with Gasteiger partial charge in [0.25, 0.3) is 0 Å². The van der Waals surface area contributed by atoms with E-state index >= 15 is 0 Å². The minimum atomic E-state index is -2.33. The van der Waals surface area contributed by atoms with Crippen LogP contribution in [-0.2, 0) is 37.0 Å². The fourth-order valence-electron chi connectivity index (χ4n) is 4.46. The van der Waals surface area contributed by atoms with Crippen LogP contribution in [0.15, 0.2) is 65.7 Å². The number of aliphatic imine (C=N–C) groups is 1. The average molecular weight is 676 g/mol. The first-order valence-electron chi connectivity index (χ1n) is 13.7. The number of carbonyl (C=O) groups is 2. The van der Waals surface area contributed by atoms with Gasteiger partial charge in [-0.05, 0) is 0 Å². The second kappa shape index (κ2) is 14.8. The van der Waals surface area contributed by atoms with Crippen molar-refractivity contribution in [2.75, 3.05) is 14.2 Å². The van der Waals surface area contributed by atoms with E-state index in [2.05, 4.69) is 0 Å². The van der Waals surface area contributed by atoms with Gasteiger partial charge in [0, 0.05) is 0 Å². The molecule has 1 N–H and O–H groups in total. The van der Waals surface area contributed by atoms with Crippen molar-refractivity contribution in [3.05, 3.63) is 71.8 Å². The fourth-order valence-corrected chi connectivity index (χ4v) is 9.42. The van der Waals surface area contributed by atoms with Gasteiger partial charge in [0.2, 0.25) is 0 Å². The van der Waals surface area contributed by atoms with Crippen LogP contribution in [0.2, 0.25) is 5.71 Å². The molecule has 2 aromatic carbocycles. The SMILES string of the molecule is COc1ccc(CO[C@@H]2[C@H]3N=C([As](C)C(=O)OC(C)(C)C)S[C@H]3O[C@H](C=CC(=O)O)[C@H]2OCc2ccc(OC)cc2)cc1. The molecule has 2 heterocycles. The first kappa shape index (κ1) is 33.1. The van der Waals surface area contributed by atoms with E-state index in [9.17, 15) is 14.7 Å². The van der Waals surface area contributed by atoms with Crippen LogP contribution in [0.25, 0.3) is 0 Å². The number of carboxylic acid groups (broad SMARTS) is 1. The number of ether oxygens (including phenoxy) is 6. The number of nitrogens with zero attached hydrogens (tertiary/aromatic N) is 1. The van der Waals surface area contributed by atoms with E-state index in [1.54, 1.807) is 14.2 Å². The van der Waals surface area contributed by atoms with E-state index in [4.69, 9.17) is 33.4 Å². The number of fused-ring (bicyclic) bond motifs is 1. The van der Waals surface area contributed by atoms with Crippen LogP contribution in [-0.4, -0.2) is 83.9 Å². The summed E-state index contributed by atoms with van der Waals surface area (Å²) >= 11 is -0.942. The van der Waals surface area contributed by atoms with Crippen molar-refractivity contribution >= 4 is 41.0 Å². The monoisotopic (exact) mass is 675 g/mol. The first-order valence-corrected chi connectivity index (χ1v) is 18.4. The third-order valence-corrected chi connectivity index (χ3v) is 12.4. The maximum absolute atomic E-state index is 13.0. The van der Waals surface area contributed by atoms with Gasteiger partial charge in [-0.25, -0.2) is 0 Å². The summed E-state index contributed by atoms with van der Waals surface area (Å²) in [5.41, 5.74) is 2.62. The van der Waals surface area contributed by atoms with Crippen molar-refractivity contribution in [3.8, 4) is 11.5 Å². The molecule has 232 valence electrons. The summed E-state index contributed by atoms with van der Waals surface area (Å²) in [7, 11) is 3.21. The van der Waals surface area contributed by atoms with Crippen LogP contribution < -0.4 is 9.47 Å². The average Bonchev–Trinajstić information content (AvgIpc) is 3.41. The predicted octanol–water partition coefficient (Wildman–Crippen LogP) is 5.23. The van der Waals surface area contributed by atoms with Crippen LogP contribution in [0.5, 0.6) is 11.5 Å². The van der Waals surface area contributed by atoms with E-state index < -0.39 is 56.0 Å². The zero-order valence-electron chi connectivity index (χ0n) is 25.1. The van der Waals surface area contributed by atoms with Crippen molar-refractivity contribution in [2.24, 2.45) is 4.99 Å². The Hall–Kier alpha value is -2.82. The van der Waals surface area contributed by atoms with E-state index in [1.807, 2.05) is 75.0 Å². The molecule has 4 rings (SSSR count). The van der Waals surface area contributed by atoms with Crippen LogP contribution in [0.1, 0.15) is 31.9 Å². The Balaban J connectivity index is 1.63. The van der Waals surface area contributed by atoms with Gasteiger partial charge < -0.3 is 0 Å². The number of rotatable bonds is 12. The molecule has 0 amide bonds. The number of aliphatic carboxylic acids is 1. The zero-order valence-corrected chi connectivity index (χ0v) is 27.8. The minimum absolute atomic E-state index is 0.225. The number of hydrogen-bond acceptors (Lipinski definition) is 10. The van der Waals surface area contributed by atoms with Crippen molar-refractivity contribution in [3.63, 3.8) is 0 Å². The summed E-state index contributed by atoms with van der Waals surface area (Å²) in [5.74, 6) is 0.360. The molecule has 0 bridgehead atoms. The summed E-state index contributed by atoms with van der Waals surface area (Å²) in [6.45, 7) is 6.00. The topological polar surface area (TPSA) is 122 Å². The van der Waals surface area contributed by atoms with Gasteiger partial charge in [0.05, 0.1) is 7.11 Å². The van der Waals surface area contributed by atoms with Gasteiger partial charge in [-0.1, -0.05) is 0 Å². The van der Waals surface area contributed by atoms with Gasteiger partial charge in [-0.15, -0.1) is 0 Å². The molecule has 0 radical (unpaired) electrons. The van der Waals surface area contributed by atoms with E-state index in [0.29, 0.717) is 3.83 Å². The summed E-state index contributed by atoms with van der Waals surface area (Å²) in [5, 5.41) is 9.39. The molecule has 0 saturated carbocycles. The number of benzene rings is 2. The van der Waals surface area contributed by atoms with Gasteiger partial charge in [-0.3, -0.25) is 0 Å². The fraction of sp³-hybridized carbons (Fsp3) is 0.452. The van der Waals surface area contributed by atoms with Crippen LogP contribution in [0.3, 0.4) is 0 Å². The maximum atomic E-state index is 13.0. The molecular weight excluding hydrogens is 637 g/mol. The van der Waals surface area contributed by atoms with Crippen molar-refractivity contribution in [1.29, 1.82) is 0 Å². The van der Waals surface area contributed by atoms with Crippen LogP contribution in [0, 0.1) is 0 Å². The normalized spacial score (nSPS) is 24.2. The Kier molecular flexibility index (Phi) is 11.4. The first-order chi connectivity index (χ1) is 20.5. The molecule has 1 fully saturated rings. The van der Waals surface area contributed by atoms with Gasteiger partial charge in [-0.2, -0.15) is 0 Å². The number of thioether (sulfide) groups is 1. The molecular formula is C31H38AsNO9S. The molecule has 2 aromatic rings. The second-order valence-corrected chi connectivity index (χ2v) is 16.7. The molecule has 43 heavy (non-hydrogen) atoms. The Labute approximate surface area is 261 Å². The number of carbonyl (C=O) groups excluding carboxylic acids is 1. The van der Waals surface area contributed by atoms with Crippen molar-refractivity contribution in [2.45, 2.75) is 75.1 Å². The second-order valence-electron chi connectivity index (χ2n) is 11.0. The Bertz CT molecular complexity index is 1310. The number of hydrogen-bond donors (Lipinski definition) is 1. The third-order valence-electron chi connectivity index (χ3n) is 6.62. The predicted molar refractivity (Wildman–Crippen MR) is 165 cm³/mol. The molecule has 2 aliphatic rings. The summed E-state index contributed by atoms with van der Waals surface area (Å²) in [4.78, 5) is 29.4. The molecule has 1 saturated heterocycles. The zero-order chi connectivity index (χ0) is 31.1. The molecule has 2 aliphatic heterocycles. The molecule has 12 heteroatoms. The molecule has 0 spiro atoms. The van der Waals surface area contributed by atoms with Crippen molar-refractivity contribution in [1.82, 2.24) is 0 Å². The molecule has 10 nitrogen and oxygen atoms in total. The van der Waals surface area contributed by atoms with Gasteiger partial charge in [0.1, 0.15) is 0 Å². The van der Waals surface area contributed by atoms with Crippen LogP contribution >= 0.6 is 11.8 Å². The third kappa shape index (κ3) is 9.09. The van der Waals surface area contributed by atoms with Gasteiger partial charge in [0.15, 0.2) is 0 Å². The Morgan fingerprint density at radius 2 is 1.49 bits per heavy atom. The number of carboxylic acids is 1. The van der Waals surface area contributed by atoms with Gasteiger partial charge >= 0.3 is 255 Å². The van der Waals surface area contributed by atoms with Crippen molar-refractivity contribution < 1.29 is 43.1 Å². The number of methoxy groups -OCH3 is 2. The summed E-state index contributed by atoms with van der Waals surface area (Å²) in [6.07, 6.45) is 0.496. The molecule has 0 aromatic heterocycles. The Morgan fingerprint density at radius 1 is 0.953 bits per heavy atom. The summed E-state index contributed by atoms with van der Waals surface area (Å²) in [6, 6.07) is 14.6. The van der Waals surface area contributed by atoms with E-state index in [-0.39, 0.29) is 18.0 Å². The molecule has 0 aliphatic carbocycles. The molecule has 6 atom stereocenters. The quantitative estimate of drug-likeness (QED) is 0.236. The summed E-state index contributed by atoms with van der Waals surface area (Å²) < 4.78 is 36.0. The molecule has 1 unspecified atom stereocenters. The van der Waals surface area contributed by atoms with E-state index in [0.717, 1.165) is 28.7 Å². The standard InChI is InChI=1S/C31H38AsNO9S/c1-31(2,3)42-30(36)32(4)29-33-25-27(40-18-20-9-13-22(38-6)14-10-20)26(23(15-16-24(34)35)41-28(25)43-29)39-17-19-7-11-21(37-5)12-8-19/h7-16,23,25-28H,17-18H2,1-6H3,(H,34,35)/t23-,25-,26-,27-,28-,32?/m1/s1. The Morgan fingerprint density at radius 3 is 1.98 bits per heavy atom. The van der Waals surface area contributed by atoms with Crippen LogP contribution in [0.4, 0.5) is 4.79 Å².